The Balaban J connectivity index is 1.45. The minimum atomic E-state index is -0.110. The molecule has 0 radical (unpaired) electrons. The van der Waals surface area contributed by atoms with Crippen molar-refractivity contribution in [2.45, 2.75) is 32.8 Å². The van der Waals surface area contributed by atoms with Crippen molar-refractivity contribution >= 4 is 11.9 Å². The highest BCUT2D eigenvalue weighted by Gasteiger charge is 2.15. The molecular formula is C28H28O5. The van der Waals surface area contributed by atoms with Gasteiger partial charge in [0.25, 0.3) is 0 Å². The van der Waals surface area contributed by atoms with E-state index in [-0.39, 0.29) is 18.0 Å². The van der Waals surface area contributed by atoms with Crippen LogP contribution in [0.15, 0.2) is 66.7 Å². The standard InChI is InChI=1S/C28H28O5/c1-28(2,3)22-8-10-23(11-9-22)31-17-21-15-19(6-13-25(21)30-4)5-12-24(29)20-7-14-26-27(16-20)33-18-32-26/h5-16H,17-18H2,1-4H3/b12-5+. The van der Waals surface area contributed by atoms with Crippen molar-refractivity contribution in [1.29, 1.82) is 0 Å². The molecule has 0 saturated heterocycles. The molecule has 1 aliphatic heterocycles. The van der Waals surface area contributed by atoms with Gasteiger partial charge in [-0.25, -0.2) is 0 Å². The van der Waals surface area contributed by atoms with E-state index in [0.717, 1.165) is 22.6 Å². The molecule has 3 aromatic rings. The van der Waals surface area contributed by atoms with Gasteiger partial charge in [-0.15, -0.1) is 0 Å². The number of ketones is 1. The molecule has 0 N–H and O–H groups in total. The molecule has 0 saturated carbocycles. The average Bonchev–Trinajstić information content (AvgIpc) is 3.29. The van der Waals surface area contributed by atoms with Crippen molar-refractivity contribution in [3.63, 3.8) is 0 Å². The smallest absolute Gasteiger partial charge is 0.231 e. The maximum atomic E-state index is 12.6. The van der Waals surface area contributed by atoms with E-state index >= 15 is 0 Å². The van der Waals surface area contributed by atoms with Crippen molar-refractivity contribution in [2.75, 3.05) is 13.9 Å². The number of ether oxygens (including phenoxy) is 4. The Bertz CT molecular complexity index is 1170. The summed E-state index contributed by atoms with van der Waals surface area (Å²) in [5, 5.41) is 0. The van der Waals surface area contributed by atoms with Gasteiger partial charge in [-0.3, -0.25) is 4.79 Å². The molecule has 0 bridgehead atoms. The number of rotatable bonds is 7. The number of carbonyl (C=O) groups is 1. The van der Waals surface area contributed by atoms with E-state index in [2.05, 4.69) is 32.9 Å². The van der Waals surface area contributed by atoms with Crippen molar-refractivity contribution in [3.8, 4) is 23.0 Å². The van der Waals surface area contributed by atoms with Gasteiger partial charge in [0.1, 0.15) is 18.1 Å². The zero-order valence-corrected chi connectivity index (χ0v) is 19.4. The molecule has 33 heavy (non-hydrogen) atoms. The average molecular weight is 445 g/mol. The van der Waals surface area contributed by atoms with E-state index in [0.29, 0.717) is 23.7 Å². The Morgan fingerprint density at radius 3 is 2.45 bits per heavy atom. The number of carbonyl (C=O) groups excluding carboxylic acids is 1. The Morgan fingerprint density at radius 1 is 0.970 bits per heavy atom. The van der Waals surface area contributed by atoms with Crippen LogP contribution in [0.2, 0.25) is 0 Å². The first-order valence-corrected chi connectivity index (χ1v) is 10.9. The number of methoxy groups -OCH3 is 1. The van der Waals surface area contributed by atoms with Gasteiger partial charge < -0.3 is 18.9 Å². The summed E-state index contributed by atoms with van der Waals surface area (Å²) in [6.07, 6.45) is 3.34. The van der Waals surface area contributed by atoms with E-state index in [1.807, 2.05) is 30.3 Å². The summed E-state index contributed by atoms with van der Waals surface area (Å²) in [5.74, 6) is 2.67. The molecule has 3 aromatic carbocycles. The second kappa shape index (κ2) is 9.41. The highest BCUT2D eigenvalue weighted by atomic mass is 16.7. The Labute approximate surface area is 194 Å². The second-order valence-electron chi connectivity index (χ2n) is 8.90. The largest absolute Gasteiger partial charge is 0.496 e. The third-order valence-electron chi connectivity index (χ3n) is 5.50. The van der Waals surface area contributed by atoms with Crippen LogP contribution in [-0.4, -0.2) is 19.7 Å². The molecule has 0 aromatic heterocycles. The van der Waals surface area contributed by atoms with Gasteiger partial charge in [0.2, 0.25) is 6.79 Å². The zero-order chi connectivity index (χ0) is 23.4. The molecular weight excluding hydrogens is 416 g/mol. The molecule has 170 valence electrons. The second-order valence-corrected chi connectivity index (χ2v) is 8.90. The van der Waals surface area contributed by atoms with Gasteiger partial charge in [0.05, 0.1) is 7.11 Å². The van der Waals surface area contributed by atoms with Gasteiger partial charge in [-0.05, 0) is 65.1 Å². The summed E-state index contributed by atoms with van der Waals surface area (Å²) in [4.78, 5) is 12.6. The molecule has 0 fully saturated rings. The number of hydrogen-bond donors (Lipinski definition) is 0. The fourth-order valence-electron chi connectivity index (χ4n) is 3.55. The molecule has 0 amide bonds. The van der Waals surface area contributed by atoms with E-state index in [1.165, 1.54) is 5.56 Å². The van der Waals surface area contributed by atoms with Gasteiger partial charge in [0, 0.05) is 11.1 Å². The summed E-state index contributed by atoms with van der Waals surface area (Å²) >= 11 is 0. The Morgan fingerprint density at radius 2 is 1.73 bits per heavy atom. The summed E-state index contributed by atoms with van der Waals surface area (Å²) < 4.78 is 22.1. The normalized spacial score (nSPS) is 12.7. The number of hydrogen-bond acceptors (Lipinski definition) is 5. The Hall–Kier alpha value is -3.73. The van der Waals surface area contributed by atoms with Crippen LogP contribution < -0.4 is 18.9 Å². The molecule has 1 heterocycles. The molecule has 0 spiro atoms. The van der Waals surface area contributed by atoms with Gasteiger partial charge in [0.15, 0.2) is 17.3 Å². The topological polar surface area (TPSA) is 54.0 Å². The zero-order valence-electron chi connectivity index (χ0n) is 19.4. The van der Waals surface area contributed by atoms with Crippen molar-refractivity contribution in [2.24, 2.45) is 0 Å². The van der Waals surface area contributed by atoms with Crippen LogP contribution in [0.25, 0.3) is 6.08 Å². The SMILES string of the molecule is COc1ccc(/C=C/C(=O)c2ccc3c(c2)OCO3)cc1COc1ccc(C(C)(C)C)cc1. The third-order valence-corrected chi connectivity index (χ3v) is 5.50. The minimum Gasteiger partial charge on any atom is -0.496 e. The van der Waals surface area contributed by atoms with Gasteiger partial charge in [-0.2, -0.15) is 0 Å². The maximum Gasteiger partial charge on any atom is 0.231 e. The van der Waals surface area contributed by atoms with Crippen LogP contribution in [0, 0.1) is 0 Å². The molecule has 0 aliphatic carbocycles. The predicted octanol–water partition coefficient (Wildman–Crippen LogP) is 6.20. The molecule has 5 heteroatoms. The summed E-state index contributed by atoms with van der Waals surface area (Å²) in [7, 11) is 1.63. The number of benzene rings is 3. The first kappa shape index (κ1) is 22.5. The highest BCUT2D eigenvalue weighted by Crippen LogP contribution is 2.33. The van der Waals surface area contributed by atoms with E-state index in [9.17, 15) is 4.79 Å². The van der Waals surface area contributed by atoms with Gasteiger partial charge >= 0.3 is 0 Å². The third kappa shape index (κ3) is 5.37. The molecule has 0 unspecified atom stereocenters. The van der Waals surface area contributed by atoms with Crippen molar-refractivity contribution in [3.05, 3.63) is 89.0 Å². The van der Waals surface area contributed by atoms with Gasteiger partial charge in [-0.1, -0.05) is 45.0 Å². The quantitative estimate of drug-likeness (QED) is 0.321. The van der Waals surface area contributed by atoms with Crippen LogP contribution in [0.3, 0.4) is 0 Å². The maximum absolute atomic E-state index is 12.6. The lowest BCUT2D eigenvalue weighted by molar-refractivity contribution is 0.104. The number of allylic oxidation sites excluding steroid dienone is 1. The molecule has 5 nitrogen and oxygen atoms in total. The Kier molecular flexibility index (Phi) is 6.40. The highest BCUT2D eigenvalue weighted by molar-refractivity contribution is 6.07. The lowest BCUT2D eigenvalue weighted by atomic mass is 9.87. The van der Waals surface area contributed by atoms with Crippen LogP contribution in [0.5, 0.6) is 23.0 Å². The lowest BCUT2D eigenvalue weighted by Gasteiger charge is -2.19. The summed E-state index contributed by atoms with van der Waals surface area (Å²) in [5.41, 5.74) is 3.68. The van der Waals surface area contributed by atoms with Crippen LogP contribution in [0.4, 0.5) is 0 Å². The first-order chi connectivity index (χ1) is 15.8. The predicted molar refractivity (Wildman–Crippen MR) is 128 cm³/mol. The fourth-order valence-corrected chi connectivity index (χ4v) is 3.55. The van der Waals surface area contributed by atoms with Crippen molar-refractivity contribution < 1.29 is 23.7 Å². The lowest BCUT2D eigenvalue weighted by Crippen LogP contribution is -2.10. The summed E-state index contributed by atoms with van der Waals surface area (Å²) in [6, 6.07) is 19.1. The number of fused-ring (bicyclic) bond motifs is 1. The molecule has 4 rings (SSSR count). The molecule has 0 atom stereocenters. The first-order valence-electron chi connectivity index (χ1n) is 10.9. The van der Waals surface area contributed by atoms with Crippen LogP contribution >= 0.6 is 0 Å². The minimum absolute atomic E-state index is 0.0977. The molecule has 1 aliphatic rings. The monoisotopic (exact) mass is 444 g/mol. The fraction of sp³-hybridized carbons (Fsp3) is 0.250. The van der Waals surface area contributed by atoms with E-state index < -0.39 is 0 Å². The van der Waals surface area contributed by atoms with E-state index in [4.69, 9.17) is 18.9 Å². The van der Waals surface area contributed by atoms with Crippen LogP contribution in [-0.2, 0) is 12.0 Å². The van der Waals surface area contributed by atoms with Crippen molar-refractivity contribution in [1.82, 2.24) is 0 Å². The van der Waals surface area contributed by atoms with Crippen LogP contribution in [0.1, 0.15) is 47.8 Å². The summed E-state index contributed by atoms with van der Waals surface area (Å²) in [6.45, 7) is 7.09. The van der Waals surface area contributed by atoms with E-state index in [1.54, 1.807) is 37.5 Å².